The Hall–Kier alpha value is -1.05. The van der Waals surface area contributed by atoms with Crippen LogP contribution in [0.5, 0.6) is 0 Å². The van der Waals surface area contributed by atoms with Gasteiger partial charge in [0.25, 0.3) is 0 Å². The van der Waals surface area contributed by atoms with E-state index in [1.165, 1.54) is 4.88 Å². The third kappa shape index (κ3) is 2.05. The molecule has 100 valence electrons. The van der Waals surface area contributed by atoms with Crippen molar-refractivity contribution < 1.29 is 4.74 Å². The van der Waals surface area contributed by atoms with Crippen LogP contribution >= 0.6 is 23.1 Å². The summed E-state index contributed by atoms with van der Waals surface area (Å²) >= 11 is 3.54. The molecule has 19 heavy (non-hydrogen) atoms. The predicted molar refractivity (Wildman–Crippen MR) is 75.1 cm³/mol. The first kappa shape index (κ1) is 11.7. The summed E-state index contributed by atoms with van der Waals surface area (Å²) in [5.74, 6) is 1.91. The standard InChI is InChI=1S/C12H14N4OS2/c1-3-9(17-5-1)11-13-14-12-16(11)15-8(7-19-12)10-4-2-6-18-10/h2,4,6,8-9,15H,1,3,5,7H2. The molecule has 1 N–H and O–H groups in total. The average Bonchev–Trinajstić information content (AvgIpc) is 3.18. The van der Waals surface area contributed by atoms with Crippen LogP contribution in [0.2, 0.25) is 0 Å². The van der Waals surface area contributed by atoms with Crippen LogP contribution in [0.15, 0.2) is 22.7 Å². The van der Waals surface area contributed by atoms with Gasteiger partial charge in [-0.2, -0.15) is 0 Å². The monoisotopic (exact) mass is 294 g/mol. The summed E-state index contributed by atoms with van der Waals surface area (Å²) in [5, 5.41) is 11.6. The molecule has 1 fully saturated rings. The molecule has 4 rings (SSSR count). The number of rotatable bonds is 2. The topological polar surface area (TPSA) is 52.0 Å². The smallest absolute Gasteiger partial charge is 0.210 e. The molecule has 2 unspecified atom stereocenters. The highest BCUT2D eigenvalue weighted by Gasteiger charge is 2.30. The SMILES string of the molecule is c1csc(C2CSc3nnc(C4CCCO4)n3N2)c1. The van der Waals surface area contributed by atoms with Crippen molar-refractivity contribution in [1.82, 2.24) is 14.9 Å². The largest absolute Gasteiger partial charge is 0.370 e. The number of hydrogen-bond donors (Lipinski definition) is 1. The molecule has 0 saturated carbocycles. The second kappa shape index (κ2) is 4.81. The lowest BCUT2D eigenvalue weighted by Crippen LogP contribution is -2.29. The van der Waals surface area contributed by atoms with Gasteiger partial charge in [0.05, 0.1) is 6.04 Å². The van der Waals surface area contributed by atoms with Crippen LogP contribution in [0.3, 0.4) is 0 Å². The van der Waals surface area contributed by atoms with E-state index in [-0.39, 0.29) is 6.10 Å². The van der Waals surface area contributed by atoms with E-state index in [0.717, 1.165) is 36.2 Å². The Bertz CT molecular complexity index is 562. The fraction of sp³-hybridized carbons (Fsp3) is 0.500. The van der Waals surface area contributed by atoms with Crippen LogP contribution < -0.4 is 5.43 Å². The number of nitrogens with one attached hydrogen (secondary N) is 1. The Morgan fingerprint density at radius 1 is 1.42 bits per heavy atom. The predicted octanol–water partition coefficient (Wildman–Crippen LogP) is 2.58. The molecule has 0 spiro atoms. The molecule has 0 bridgehead atoms. The normalized spacial score (nSPS) is 26.1. The third-order valence-electron chi connectivity index (χ3n) is 3.43. The number of ether oxygens (including phenoxy) is 1. The quantitative estimate of drug-likeness (QED) is 0.922. The Kier molecular flexibility index (Phi) is 2.97. The maximum Gasteiger partial charge on any atom is 0.210 e. The summed E-state index contributed by atoms with van der Waals surface area (Å²) in [4.78, 5) is 1.35. The molecular formula is C12H14N4OS2. The van der Waals surface area contributed by atoms with Crippen molar-refractivity contribution in [2.75, 3.05) is 17.8 Å². The van der Waals surface area contributed by atoms with Crippen molar-refractivity contribution in [3.05, 3.63) is 28.2 Å². The van der Waals surface area contributed by atoms with E-state index >= 15 is 0 Å². The van der Waals surface area contributed by atoms with Crippen LogP contribution in [0.1, 0.15) is 35.7 Å². The van der Waals surface area contributed by atoms with Gasteiger partial charge in [-0.25, -0.2) is 4.68 Å². The first-order valence-corrected chi connectivity index (χ1v) is 8.28. The van der Waals surface area contributed by atoms with E-state index in [1.807, 2.05) is 4.68 Å². The van der Waals surface area contributed by atoms with E-state index in [0.29, 0.717) is 6.04 Å². The first-order chi connectivity index (χ1) is 9.42. The van der Waals surface area contributed by atoms with Crippen molar-refractivity contribution in [1.29, 1.82) is 0 Å². The Balaban J connectivity index is 1.63. The minimum absolute atomic E-state index is 0.0939. The van der Waals surface area contributed by atoms with Crippen LogP contribution in [0, 0.1) is 0 Å². The molecule has 1 saturated heterocycles. The zero-order valence-corrected chi connectivity index (χ0v) is 11.9. The summed E-state index contributed by atoms with van der Waals surface area (Å²) in [5.41, 5.74) is 3.53. The van der Waals surface area contributed by atoms with Gasteiger partial charge in [0.2, 0.25) is 5.16 Å². The Labute approximate surface area is 119 Å². The molecule has 0 amide bonds. The van der Waals surface area contributed by atoms with Gasteiger partial charge in [-0.15, -0.1) is 21.5 Å². The third-order valence-corrected chi connectivity index (χ3v) is 5.44. The van der Waals surface area contributed by atoms with Crippen molar-refractivity contribution in [2.24, 2.45) is 0 Å². The Morgan fingerprint density at radius 2 is 2.42 bits per heavy atom. The lowest BCUT2D eigenvalue weighted by molar-refractivity contribution is 0.102. The lowest BCUT2D eigenvalue weighted by Gasteiger charge is -2.26. The van der Waals surface area contributed by atoms with Gasteiger partial charge in [0, 0.05) is 17.2 Å². The molecule has 0 aromatic carbocycles. The molecule has 2 aliphatic rings. The van der Waals surface area contributed by atoms with Crippen LogP contribution in [-0.4, -0.2) is 27.2 Å². The second-order valence-electron chi connectivity index (χ2n) is 4.69. The average molecular weight is 294 g/mol. The number of thioether (sulfide) groups is 1. The minimum Gasteiger partial charge on any atom is -0.370 e. The maximum absolute atomic E-state index is 5.72. The van der Waals surface area contributed by atoms with Crippen LogP contribution in [-0.2, 0) is 4.74 Å². The molecule has 2 aromatic rings. The lowest BCUT2D eigenvalue weighted by atomic mass is 10.2. The van der Waals surface area contributed by atoms with E-state index in [9.17, 15) is 0 Å². The van der Waals surface area contributed by atoms with Crippen molar-refractivity contribution in [2.45, 2.75) is 30.1 Å². The summed E-state index contributed by atoms with van der Waals surface area (Å²) in [6, 6.07) is 4.59. The van der Waals surface area contributed by atoms with Crippen LogP contribution in [0.4, 0.5) is 0 Å². The summed E-state index contributed by atoms with van der Waals surface area (Å²) in [6.07, 6.45) is 2.24. The van der Waals surface area contributed by atoms with E-state index in [4.69, 9.17) is 4.74 Å². The first-order valence-electron chi connectivity index (χ1n) is 6.41. The zero-order valence-electron chi connectivity index (χ0n) is 10.3. The van der Waals surface area contributed by atoms with Crippen molar-refractivity contribution >= 4 is 23.1 Å². The van der Waals surface area contributed by atoms with Gasteiger partial charge < -0.3 is 10.2 Å². The molecule has 0 aliphatic carbocycles. The van der Waals surface area contributed by atoms with Crippen molar-refractivity contribution in [3.8, 4) is 0 Å². The molecular weight excluding hydrogens is 280 g/mol. The number of aromatic nitrogens is 3. The fourth-order valence-corrected chi connectivity index (χ4v) is 4.29. The maximum atomic E-state index is 5.72. The Morgan fingerprint density at radius 3 is 3.21 bits per heavy atom. The summed E-state index contributed by atoms with van der Waals surface area (Å²) in [6.45, 7) is 0.828. The highest BCUT2D eigenvalue weighted by Crippen LogP contribution is 2.35. The van der Waals surface area contributed by atoms with Gasteiger partial charge in [0.1, 0.15) is 6.10 Å². The number of hydrogen-bond acceptors (Lipinski definition) is 6. The second-order valence-corrected chi connectivity index (χ2v) is 6.65. The molecule has 2 aliphatic heterocycles. The fourth-order valence-electron chi connectivity index (χ4n) is 2.47. The van der Waals surface area contributed by atoms with Gasteiger partial charge >= 0.3 is 0 Å². The molecule has 2 atom stereocenters. The summed E-state index contributed by atoms with van der Waals surface area (Å²) < 4.78 is 7.74. The number of thiophene rings is 1. The van der Waals surface area contributed by atoms with Gasteiger partial charge in [-0.05, 0) is 24.3 Å². The highest BCUT2D eigenvalue weighted by atomic mass is 32.2. The van der Waals surface area contributed by atoms with Gasteiger partial charge in [-0.1, -0.05) is 17.8 Å². The number of nitrogens with zero attached hydrogens (tertiary/aromatic N) is 3. The molecule has 4 heterocycles. The highest BCUT2D eigenvalue weighted by molar-refractivity contribution is 7.99. The van der Waals surface area contributed by atoms with Crippen LogP contribution in [0.25, 0.3) is 0 Å². The zero-order chi connectivity index (χ0) is 12.7. The van der Waals surface area contributed by atoms with E-state index < -0.39 is 0 Å². The van der Waals surface area contributed by atoms with E-state index in [2.05, 4.69) is 33.1 Å². The van der Waals surface area contributed by atoms with Gasteiger partial charge in [-0.3, -0.25) is 0 Å². The molecule has 7 heteroatoms. The molecule has 2 aromatic heterocycles. The number of fused-ring (bicyclic) bond motifs is 1. The molecule has 0 radical (unpaired) electrons. The summed E-state index contributed by atoms with van der Waals surface area (Å²) in [7, 11) is 0. The molecule has 5 nitrogen and oxygen atoms in total. The van der Waals surface area contributed by atoms with Crippen molar-refractivity contribution in [3.63, 3.8) is 0 Å². The van der Waals surface area contributed by atoms with E-state index in [1.54, 1.807) is 23.1 Å². The minimum atomic E-state index is 0.0939. The van der Waals surface area contributed by atoms with Gasteiger partial charge in [0.15, 0.2) is 5.82 Å².